The minimum atomic E-state index is -2.17. The van der Waals surface area contributed by atoms with E-state index < -0.39 is 34.8 Å². The lowest BCUT2D eigenvalue weighted by atomic mass is 10.2. The maximum absolute atomic E-state index is 13.4. The lowest BCUT2D eigenvalue weighted by Crippen LogP contribution is -2.09. The fourth-order valence-electron chi connectivity index (χ4n) is 1.55. The van der Waals surface area contributed by atoms with Crippen LogP contribution in [0.4, 0.5) is 27.6 Å². The van der Waals surface area contributed by atoms with Crippen molar-refractivity contribution in [1.82, 2.24) is 0 Å². The van der Waals surface area contributed by atoms with Crippen LogP contribution in [-0.2, 0) is 6.54 Å². The monoisotopic (exact) mass is 399 g/mol. The second-order valence-corrected chi connectivity index (χ2v) is 5.17. The Morgan fingerprint density at radius 2 is 1.20 bits per heavy atom. The van der Waals surface area contributed by atoms with Gasteiger partial charge in [-0.3, -0.25) is 0 Å². The molecular weight excluding hydrogens is 392 g/mol. The standard InChI is InChI=1S/C13H7F5IN/c14-8-9(15)11(17)13(12(18)10(8)16)20-5-6-1-3-7(19)4-2-6/h1-4,20H,5H2. The first kappa shape index (κ1) is 15.0. The first-order chi connectivity index (χ1) is 9.41. The molecule has 106 valence electrons. The number of rotatable bonds is 3. The summed E-state index contributed by atoms with van der Waals surface area (Å²) in [6.45, 7) is -0.0602. The highest BCUT2D eigenvalue weighted by Crippen LogP contribution is 2.27. The normalized spacial score (nSPS) is 10.7. The Morgan fingerprint density at radius 3 is 1.70 bits per heavy atom. The summed E-state index contributed by atoms with van der Waals surface area (Å²) in [6, 6.07) is 6.88. The van der Waals surface area contributed by atoms with Gasteiger partial charge < -0.3 is 5.32 Å². The summed E-state index contributed by atoms with van der Waals surface area (Å²) in [6.07, 6.45) is 0. The van der Waals surface area contributed by atoms with Crippen molar-refractivity contribution in [2.75, 3.05) is 5.32 Å². The maximum atomic E-state index is 13.4. The molecule has 0 fully saturated rings. The van der Waals surface area contributed by atoms with Crippen LogP contribution in [0.15, 0.2) is 24.3 Å². The molecule has 0 saturated heterocycles. The van der Waals surface area contributed by atoms with Crippen molar-refractivity contribution >= 4 is 28.3 Å². The van der Waals surface area contributed by atoms with Crippen LogP contribution < -0.4 is 5.32 Å². The Bertz CT molecular complexity index is 613. The molecule has 0 atom stereocenters. The van der Waals surface area contributed by atoms with Crippen molar-refractivity contribution in [3.8, 4) is 0 Å². The second kappa shape index (κ2) is 5.94. The summed E-state index contributed by atoms with van der Waals surface area (Å²) in [5, 5.41) is 2.23. The highest BCUT2D eigenvalue weighted by molar-refractivity contribution is 14.1. The highest BCUT2D eigenvalue weighted by Gasteiger charge is 2.25. The first-order valence-electron chi connectivity index (χ1n) is 5.41. The molecule has 0 saturated carbocycles. The van der Waals surface area contributed by atoms with Gasteiger partial charge in [-0.1, -0.05) is 12.1 Å². The van der Waals surface area contributed by atoms with Crippen LogP contribution in [0.5, 0.6) is 0 Å². The Kier molecular flexibility index (Phi) is 4.46. The number of benzene rings is 2. The zero-order valence-electron chi connectivity index (χ0n) is 9.78. The molecule has 1 N–H and O–H groups in total. The van der Waals surface area contributed by atoms with Crippen molar-refractivity contribution in [3.63, 3.8) is 0 Å². The molecule has 1 nitrogen and oxygen atoms in total. The van der Waals surface area contributed by atoms with Gasteiger partial charge in [0.05, 0.1) is 0 Å². The van der Waals surface area contributed by atoms with E-state index in [-0.39, 0.29) is 6.54 Å². The molecule has 0 aliphatic carbocycles. The van der Waals surface area contributed by atoms with Gasteiger partial charge in [-0.2, -0.15) is 0 Å². The molecule has 0 unspecified atom stereocenters. The smallest absolute Gasteiger partial charge is 0.200 e. The summed E-state index contributed by atoms with van der Waals surface area (Å²) < 4.78 is 66.5. The molecule has 20 heavy (non-hydrogen) atoms. The van der Waals surface area contributed by atoms with Crippen molar-refractivity contribution < 1.29 is 22.0 Å². The summed E-state index contributed by atoms with van der Waals surface area (Å²) in [4.78, 5) is 0. The van der Waals surface area contributed by atoms with E-state index >= 15 is 0 Å². The van der Waals surface area contributed by atoms with Crippen molar-refractivity contribution in [3.05, 3.63) is 62.5 Å². The van der Waals surface area contributed by atoms with Gasteiger partial charge in [0.15, 0.2) is 23.3 Å². The number of hydrogen-bond donors (Lipinski definition) is 1. The van der Waals surface area contributed by atoms with Crippen molar-refractivity contribution in [2.24, 2.45) is 0 Å². The topological polar surface area (TPSA) is 12.0 Å². The number of halogens is 6. The van der Waals surface area contributed by atoms with Crippen LogP contribution in [-0.4, -0.2) is 0 Å². The summed E-state index contributed by atoms with van der Waals surface area (Å²) in [7, 11) is 0. The average Bonchev–Trinajstić information content (AvgIpc) is 2.45. The Balaban J connectivity index is 2.28. The van der Waals surface area contributed by atoms with Gasteiger partial charge in [0.2, 0.25) is 5.82 Å². The minimum absolute atomic E-state index is 0.0602. The van der Waals surface area contributed by atoms with E-state index in [4.69, 9.17) is 0 Å². The lowest BCUT2D eigenvalue weighted by molar-refractivity contribution is 0.381. The van der Waals surface area contributed by atoms with Gasteiger partial charge >= 0.3 is 0 Å². The van der Waals surface area contributed by atoms with E-state index in [0.717, 1.165) is 3.57 Å². The van der Waals surface area contributed by atoms with Gasteiger partial charge in [-0.15, -0.1) is 0 Å². The zero-order chi connectivity index (χ0) is 14.9. The lowest BCUT2D eigenvalue weighted by Gasteiger charge is -2.11. The molecule has 2 aromatic carbocycles. The number of anilines is 1. The Morgan fingerprint density at radius 1 is 0.750 bits per heavy atom. The van der Waals surface area contributed by atoms with E-state index in [1.165, 1.54) is 0 Å². The maximum Gasteiger partial charge on any atom is 0.200 e. The zero-order valence-corrected chi connectivity index (χ0v) is 11.9. The largest absolute Gasteiger partial charge is 0.376 e. The second-order valence-electron chi connectivity index (χ2n) is 3.92. The summed E-state index contributed by atoms with van der Waals surface area (Å²) in [5.41, 5.74) is -0.380. The molecule has 7 heteroatoms. The van der Waals surface area contributed by atoms with Crippen molar-refractivity contribution in [2.45, 2.75) is 6.54 Å². The van der Waals surface area contributed by atoms with Gasteiger partial charge in [-0.25, -0.2) is 22.0 Å². The molecule has 0 aliphatic rings. The quantitative estimate of drug-likeness (QED) is 0.345. The van der Waals surface area contributed by atoms with Crippen LogP contribution in [0.1, 0.15) is 5.56 Å². The third-order valence-electron chi connectivity index (χ3n) is 2.59. The SMILES string of the molecule is Fc1c(F)c(F)c(NCc2ccc(I)cc2)c(F)c1F. The van der Waals surface area contributed by atoms with Gasteiger partial charge in [-0.05, 0) is 40.3 Å². The van der Waals surface area contributed by atoms with Crippen LogP contribution in [0.25, 0.3) is 0 Å². The molecule has 0 spiro atoms. The fourth-order valence-corrected chi connectivity index (χ4v) is 1.91. The van der Waals surface area contributed by atoms with E-state index in [2.05, 4.69) is 27.9 Å². The molecule has 0 radical (unpaired) electrons. The summed E-state index contributed by atoms with van der Waals surface area (Å²) in [5.74, 6) is -9.83. The molecule has 0 amide bonds. The van der Waals surface area contributed by atoms with Gasteiger partial charge in [0.25, 0.3) is 0 Å². The number of nitrogens with one attached hydrogen (secondary N) is 1. The van der Waals surface area contributed by atoms with Crippen LogP contribution >= 0.6 is 22.6 Å². The fraction of sp³-hybridized carbons (Fsp3) is 0.0769. The number of hydrogen-bond acceptors (Lipinski definition) is 1. The van der Waals surface area contributed by atoms with Gasteiger partial charge in [0.1, 0.15) is 5.69 Å². The molecule has 0 aliphatic heterocycles. The minimum Gasteiger partial charge on any atom is -0.376 e. The molecule has 2 aromatic rings. The van der Waals surface area contributed by atoms with Crippen LogP contribution in [0, 0.1) is 32.7 Å². The van der Waals surface area contributed by atoms with E-state index in [9.17, 15) is 22.0 Å². The van der Waals surface area contributed by atoms with E-state index in [0.29, 0.717) is 5.56 Å². The van der Waals surface area contributed by atoms with E-state index in [1.807, 2.05) is 0 Å². The molecule has 0 bridgehead atoms. The van der Waals surface area contributed by atoms with Gasteiger partial charge in [0, 0.05) is 10.1 Å². The first-order valence-corrected chi connectivity index (χ1v) is 6.49. The third kappa shape index (κ3) is 2.87. The average molecular weight is 399 g/mol. The van der Waals surface area contributed by atoms with Crippen molar-refractivity contribution in [1.29, 1.82) is 0 Å². The molecular formula is C13H7F5IN. The third-order valence-corrected chi connectivity index (χ3v) is 3.31. The molecule has 2 rings (SSSR count). The van der Waals surface area contributed by atoms with Crippen LogP contribution in [0.2, 0.25) is 0 Å². The Labute approximate surface area is 124 Å². The summed E-state index contributed by atoms with van der Waals surface area (Å²) >= 11 is 2.08. The molecule has 0 aromatic heterocycles. The predicted octanol–water partition coefficient (Wildman–Crippen LogP) is 4.60. The van der Waals surface area contributed by atoms with E-state index in [1.54, 1.807) is 24.3 Å². The molecule has 0 heterocycles. The predicted molar refractivity (Wildman–Crippen MR) is 72.7 cm³/mol. The Hall–Kier alpha value is -1.38. The highest BCUT2D eigenvalue weighted by atomic mass is 127. The van der Waals surface area contributed by atoms with Crippen LogP contribution in [0.3, 0.4) is 0 Å².